The molecule has 104 valence electrons. The van der Waals surface area contributed by atoms with Crippen LogP contribution in [0, 0.1) is 0 Å². The van der Waals surface area contributed by atoms with Crippen molar-refractivity contribution in [1.82, 2.24) is 9.97 Å². The molecule has 20 heavy (non-hydrogen) atoms. The Balaban J connectivity index is 2.23. The van der Waals surface area contributed by atoms with Gasteiger partial charge in [0.25, 0.3) is 5.91 Å². The van der Waals surface area contributed by atoms with E-state index in [1.807, 2.05) is 0 Å². The van der Waals surface area contributed by atoms with Crippen molar-refractivity contribution in [2.75, 3.05) is 18.2 Å². The van der Waals surface area contributed by atoms with Gasteiger partial charge in [0.2, 0.25) is 11.8 Å². The SMILES string of the molecule is COc1cc(Cl)nc(NC(=O)c2ccc(N)c(Cl)c2)n1. The number of amides is 1. The average Bonchev–Trinajstić information content (AvgIpc) is 2.41. The fourth-order valence-electron chi connectivity index (χ4n) is 1.40. The number of methoxy groups -OCH3 is 1. The van der Waals surface area contributed by atoms with Gasteiger partial charge < -0.3 is 10.5 Å². The molecule has 2 rings (SSSR count). The van der Waals surface area contributed by atoms with Crippen LogP contribution in [-0.2, 0) is 0 Å². The topological polar surface area (TPSA) is 90.1 Å². The van der Waals surface area contributed by atoms with Crippen molar-refractivity contribution in [2.45, 2.75) is 0 Å². The monoisotopic (exact) mass is 312 g/mol. The molecule has 0 unspecified atom stereocenters. The van der Waals surface area contributed by atoms with Crippen molar-refractivity contribution in [3.63, 3.8) is 0 Å². The van der Waals surface area contributed by atoms with Gasteiger partial charge in [-0.15, -0.1) is 0 Å². The molecule has 0 saturated carbocycles. The molecule has 6 nitrogen and oxygen atoms in total. The molecule has 8 heteroatoms. The van der Waals surface area contributed by atoms with Gasteiger partial charge in [-0.1, -0.05) is 23.2 Å². The van der Waals surface area contributed by atoms with Gasteiger partial charge in [-0.2, -0.15) is 4.98 Å². The number of ether oxygens (including phenoxy) is 1. The van der Waals surface area contributed by atoms with Crippen LogP contribution in [0.3, 0.4) is 0 Å². The first-order chi connectivity index (χ1) is 9.49. The lowest BCUT2D eigenvalue weighted by molar-refractivity contribution is 0.102. The Bertz CT molecular complexity index is 664. The number of nitrogens with two attached hydrogens (primary N) is 1. The second kappa shape index (κ2) is 5.94. The molecule has 0 bridgehead atoms. The molecule has 0 aliphatic heterocycles. The van der Waals surface area contributed by atoms with Crippen molar-refractivity contribution in [1.29, 1.82) is 0 Å². The van der Waals surface area contributed by atoms with Crippen LogP contribution in [-0.4, -0.2) is 23.0 Å². The van der Waals surface area contributed by atoms with E-state index in [0.29, 0.717) is 16.3 Å². The number of hydrogen-bond acceptors (Lipinski definition) is 5. The summed E-state index contributed by atoms with van der Waals surface area (Å²) in [4.78, 5) is 19.8. The number of halogens is 2. The van der Waals surface area contributed by atoms with E-state index >= 15 is 0 Å². The summed E-state index contributed by atoms with van der Waals surface area (Å²) in [6.45, 7) is 0. The minimum Gasteiger partial charge on any atom is -0.481 e. The van der Waals surface area contributed by atoms with Crippen molar-refractivity contribution in [3.05, 3.63) is 40.0 Å². The molecule has 0 aliphatic rings. The normalized spacial score (nSPS) is 10.2. The standard InChI is InChI=1S/C12H10Cl2N4O2/c1-20-10-5-9(14)16-12(17-10)18-11(19)6-2-3-8(15)7(13)4-6/h2-5H,15H2,1H3,(H,16,17,18,19). The highest BCUT2D eigenvalue weighted by atomic mass is 35.5. The third-order valence-electron chi connectivity index (χ3n) is 2.37. The molecule has 0 spiro atoms. The number of carbonyl (C=O) groups excluding carboxylic acids is 1. The maximum Gasteiger partial charge on any atom is 0.258 e. The molecule has 1 aromatic carbocycles. The smallest absolute Gasteiger partial charge is 0.258 e. The van der Waals surface area contributed by atoms with E-state index in [2.05, 4.69) is 15.3 Å². The van der Waals surface area contributed by atoms with E-state index in [-0.39, 0.29) is 17.0 Å². The van der Waals surface area contributed by atoms with Gasteiger partial charge >= 0.3 is 0 Å². The fourth-order valence-corrected chi connectivity index (χ4v) is 1.75. The summed E-state index contributed by atoms with van der Waals surface area (Å²) in [6, 6.07) is 5.96. The molecular weight excluding hydrogens is 303 g/mol. The molecule has 0 aliphatic carbocycles. The maximum absolute atomic E-state index is 12.0. The van der Waals surface area contributed by atoms with Crippen LogP contribution in [0.4, 0.5) is 11.6 Å². The van der Waals surface area contributed by atoms with Gasteiger partial charge in [0.15, 0.2) is 0 Å². The van der Waals surface area contributed by atoms with Crippen LogP contribution in [0.5, 0.6) is 5.88 Å². The molecule has 2 aromatic rings. The molecule has 0 saturated heterocycles. The molecule has 3 N–H and O–H groups in total. The number of nitrogens with one attached hydrogen (secondary N) is 1. The van der Waals surface area contributed by atoms with E-state index < -0.39 is 5.91 Å². The molecule has 1 amide bonds. The largest absolute Gasteiger partial charge is 0.481 e. The first-order valence-corrected chi connectivity index (χ1v) is 6.20. The first-order valence-electron chi connectivity index (χ1n) is 5.44. The number of benzene rings is 1. The summed E-state index contributed by atoms with van der Waals surface area (Å²) in [5.41, 5.74) is 6.30. The van der Waals surface area contributed by atoms with Gasteiger partial charge in [-0.25, -0.2) is 4.98 Å². The predicted octanol–water partition coefficient (Wildman–Crippen LogP) is 2.63. The Morgan fingerprint density at radius 3 is 2.70 bits per heavy atom. The lowest BCUT2D eigenvalue weighted by Gasteiger charge is -2.07. The summed E-state index contributed by atoms with van der Waals surface area (Å²) < 4.78 is 4.93. The van der Waals surface area contributed by atoms with Crippen LogP contribution in [0.25, 0.3) is 0 Å². The highest BCUT2D eigenvalue weighted by molar-refractivity contribution is 6.33. The molecule has 1 heterocycles. The van der Waals surface area contributed by atoms with Crippen LogP contribution >= 0.6 is 23.2 Å². The minimum absolute atomic E-state index is 0.0345. The maximum atomic E-state index is 12.0. The summed E-state index contributed by atoms with van der Waals surface area (Å²) in [5.74, 6) is -0.154. The Kier molecular flexibility index (Phi) is 4.26. The average molecular weight is 313 g/mol. The third-order valence-corrected chi connectivity index (χ3v) is 2.89. The number of carbonyl (C=O) groups is 1. The van der Waals surface area contributed by atoms with Crippen LogP contribution < -0.4 is 15.8 Å². The zero-order valence-corrected chi connectivity index (χ0v) is 11.9. The molecule has 0 radical (unpaired) electrons. The van der Waals surface area contributed by atoms with Gasteiger partial charge in [0, 0.05) is 11.6 Å². The molecule has 1 aromatic heterocycles. The highest BCUT2D eigenvalue weighted by Gasteiger charge is 2.11. The van der Waals surface area contributed by atoms with Crippen LogP contribution in [0.2, 0.25) is 10.2 Å². The van der Waals surface area contributed by atoms with Crippen molar-refractivity contribution >= 4 is 40.7 Å². The first kappa shape index (κ1) is 14.4. The van der Waals surface area contributed by atoms with Gasteiger partial charge in [-0.05, 0) is 18.2 Å². The molecule has 0 atom stereocenters. The Morgan fingerprint density at radius 1 is 1.30 bits per heavy atom. The van der Waals surface area contributed by atoms with Gasteiger partial charge in [0.1, 0.15) is 5.15 Å². The number of rotatable bonds is 3. The van der Waals surface area contributed by atoms with Gasteiger partial charge in [-0.3, -0.25) is 10.1 Å². The second-order valence-electron chi connectivity index (χ2n) is 3.75. The number of anilines is 2. The van der Waals surface area contributed by atoms with Crippen molar-refractivity contribution in [2.24, 2.45) is 0 Å². The Labute approximate surface area is 124 Å². The molecule has 0 fully saturated rings. The minimum atomic E-state index is -0.434. The Morgan fingerprint density at radius 2 is 2.05 bits per heavy atom. The predicted molar refractivity (Wildman–Crippen MR) is 77.4 cm³/mol. The summed E-state index contributed by atoms with van der Waals surface area (Å²) in [5, 5.41) is 2.94. The Hall–Kier alpha value is -2.05. The van der Waals surface area contributed by atoms with Crippen molar-refractivity contribution in [3.8, 4) is 5.88 Å². The number of nitrogens with zero attached hydrogens (tertiary/aromatic N) is 2. The third kappa shape index (κ3) is 3.28. The lowest BCUT2D eigenvalue weighted by atomic mass is 10.2. The van der Waals surface area contributed by atoms with E-state index in [0.717, 1.165) is 0 Å². The summed E-state index contributed by atoms with van der Waals surface area (Å²) in [7, 11) is 1.43. The van der Waals surface area contributed by atoms with E-state index in [4.69, 9.17) is 33.7 Å². The van der Waals surface area contributed by atoms with Gasteiger partial charge in [0.05, 0.1) is 17.8 Å². The highest BCUT2D eigenvalue weighted by Crippen LogP contribution is 2.21. The zero-order chi connectivity index (χ0) is 14.7. The zero-order valence-electron chi connectivity index (χ0n) is 10.4. The van der Waals surface area contributed by atoms with E-state index in [9.17, 15) is 4.79 Å². The van der Waals surface area contributed by atoms with Crippen LogP contribution in [0.15, 0.2) is 24.3 Å². The number of aromatic nitrogens is 2. The number of hydrogen-bond donors (Lipinski definition) is 2. The fraction of sp³-hybridized carbons (Fsp3) is 0.0833. The molecular formula is C12H10Cl2N4O2. The number of nitrogen functional groups attached to an aromatic ring is 1. The van der Waals surface area contributed by atoms with E-state index in [1.165, 1.54) is 25.3 Å². The van der Waals surface area contributed by atoms with Crippen LogP contribution in [0.1, 0.15) is 10.4 Å². The van der Waals surface area contributed by atoms with E-state index in [1.54, 1.807) is 6.07 Å². The quantitative estimate of drug-likeness (QED) is 0.671. The summed E-state index contributed by atoms with van der Waals surface area (Å²) >= 11 is 11.6. The summed E-state index contributed by atoms with van der Waals surface area (Å²) in [6.07, 6.45) is 0. The lowest BCUT2D eigenvalue weighted by Crippen LogP contribution is -2.14. The second-order valence-corrected chi connectivity index (χ2v) is 4.54. The van der Waals surface area contributed by atoms with Crippen molar-refractivity contribution < 1.29 is 9.53 Å².